The minimum Gasteiger partial charge on any atom is -0.471 e. The molecule has 5 nitrogen and oxygen atoms in total. The van der Waals surface area contributed by atoms with Crippen molar-refractivity contribution in [3.8, 4) is 0 Å². The SMILES string of the molecule is C=CCC(C)NC1=N[C@@H](C)[C@H](C)C(OC2CCNCC2(F)F)=N1. The van der Waals surface area contributed by atoms with Crippen LogP contribution in [0.25, 0.3) is 0 Å². The van der Waals surface area contributed by atoms with Gasteiger partial charge in [-0.25, -0.2) is 13.8 Å². The van der Waals surface area contributed by atoms with Gasteiger partial charge in [0.05, 0.1) is 18.5 Å². The number of aliphatic imine (C=N–C) groups is 2. The predicted octanol–water partition coefficient (Wildman–Crippen LogP) is 2.35. The molecule has 2 heterocycles. The Morgan fingerprint density at radius 3 is 2.91 bits per heavy atom. The summed E-state index contributed by atoms with van der Waals surface area (Å²) in [7, 11) is 0. The first-order valence-corrected chi connectivity index (χ1v) is 8.12. The van der Waals surface area contributed by atoms with E-state index in [9.17, 15) is 8.78 Å². The molecule has 4 atom stereocenters. The predicted molar refractivity (Wildman–Crippen MR) is 88.2 cm³/mol. The van der Waals surface area contributed by atoms with Crippen LogP contribution in [0.1, 0.15) is 33.6 Å². The number of rotatable bonds is 4. The van der Waals surface area contributed by atoms with Gasteiger partial charge in [0.15, 0.2) is 12.0 Å². The first kappa shape index (κ1) is 17.8. The molecule has 0 saturated carbocycles. The molecule has 1 saturated heterocycles. The monoisotopic (exact) mass is 328 g/mol. The van der Waals surface area contributed by atoms with Crippen LogP contribution in [0.2, 0.25) is 0 Å². The van der Waals surface area contributed by atoms with E-state index in [2.05, 4.69) is 27.2 Å². The average molecular weight is 328 g/mol. The minimum atomic E-state index is -2.89. The standard InChI is InChI=1S/C16H26F2N4O/c1-5-6-10(2)20-15-21-12(4)11(3)14(22-15)23-13-7-8-19-9-16(13,17)18/h5,10-13,19H,1,6-9H2,2-4H3,(H,20,21)/t10?,11-,12-,13?/m0/s1. The van der Waals surface area contributed by atoms with E-state index in [1.54, 1.807) is 0 Å². The van der Waals surface area contributed by atoms with Gasteiger partial charge >= 0.3 is 0 Å². The van der Waals surface area contributed by atoms with Gasteiger partial charge < -0.3 is 15.4 Å². The van der Waals surface area contributed by atoms with Crippen molar-refractivity contribution in [2.75, 3.05) is 13.1 Å². The molecule has 0 aromatic heterocycles. The second kappa shape index (κ2) is 7.38. The van der Waals surface area contributed by atoms with Crippen LogP contribution in [0.5, 0.6) is 0 Å². The number of hydrogen-bond acceptors (Lipinski definition) is 5. The molecular formula is C16H26F2N4O. The molecule has 1 fully saturated rings. The van der Waals surface area contributed by atoms with Crippen molar-refractivity contribution in [3.63, 3.8) is 0 Å². The summed E-state index contributed by atoms with van der Waals surface area (Å²) in [5.74, 6) is -2.23. The topological polar surface area (TPSA) is 58.0 Å². The summed E-state index contributed by atoms with van der Waals surface area (Å²) in [5, 5.41) is 5.87. The maximum Gasteiger partial charge on any atom is 0.296 e. The van der Waals surface area contributed by atoms with Gasteiger partial charge in [0.1, 0.15) is 0 Å². The van der Waals surface area contributed by atoms with Crippen molar-refractivity contribution in [1.82, 2.24) is 10.6 Å². The number of piperidine rings is 1. The van der Waals surface area contributed by atoms with E-state index in [1.807, 2.05) is 26.8 Å². The fraction of sp³-hybridized carbons (Fsp3) is 0.750. The quantitative estimate of drug-likeness (QED) is 0.779. The Balaban J connectivity index is 2.10. The second-order valence-electron chi connectivity index (χ2n) is 6.33. The molecule has 0 radical (unpaired) electrons. The Morgan fingerprint density at radius 1 is 1.52 bits per heavy atom. The molecule has 130 valence electrons. The number of guanidine groups is 1. The van der Waals surface area contributed by atoms with E-state index in [0.29, 0.717) is 18.4 Å². The van der Waals surface area contributed by atoms with E-state index in [1.165, 1.54) is 0 Å². The van der Waals surface area contributed by atoms with Gasteiger partial charge in [-0.1, -0.05) is 13.0 Å². The maximum absolute atomic E-state index is 14.0. The molecule has 0 aliphatic carbocycles. The number of nitrogens with one attached hydrogen (secondary N) is 2. The lowest BCUT2D eigenvalue weighted by Crippen LogP contribution is -2.52. The summed E-state index contributed by atoms with van der Waals surface area (Å²) in [6.45, 7) is 9.69. The van der Waals surface area contributed by atoms with Crippen LogP contribution in [-0.4, -0.2) is 49.1 Å². The van der Waals surface area contributed by atoms with Crippen molar-refractivity contribution in [1.29, 1.82) is 0 Å². The van der Waals surface area contributed by atoms with Crippen LogP contribution < -0.4 is 10.6 Å². The molecule has 23 heavy (non-hydrogen) atoms. The van der Waals surface area contributed by atoms with E-state index in [0.717, 1.165) is 6.42 Å². The average Bonchev–Trinajstić information content (AvgIpc) is 2.46. The van der Waals surface area contributed by atoms with Crippen molar-refractivity contribution in [2.24, 2.45) is 15.9 Å². The van der Waals surface area contributed by atoms with E-state index < -0.39 is 12.0 Å². The van der Waals surface area contributed by atoms with Gasteiger partial charge in [0, 0.05) is 12.5 Å². The zero-order valence-corrected chi connectivity index (χ0v) is 14.0. The Bertz CT molecular complexity index is 492. The number of hydrogen-bond donors (Lipinski definition) is 2. The summed E-state index contributed by atoms with van der Waals surface area (Å²) >= 11 is 0. The molecule has 0 bridgehead atoms. The highest BCUT2D eigenvalue weighted by atomic mass is 19.3. The molecule has 2 aliphatic rings. The first-order valence-electron chi connectivity index (χ1n) is 8.12. The van der Waals surface area contributed by atoms with Crippen LogP contribution in [0.15, 0.2) is 22.6 Å². The lowest BCUT2D eigenvalue weighted by Gasteiger charge is -2.34. The maximum atomic E-state index is 14.0. The van der Waals surface area contributed by atoms with Crippen LogP contribution >= 0.6 is 0 Å². The lowest BCUT2D eigenvalue weighted by atomic mass is 10.0. The van der Waals surface area contributed by atoms with E-state index in [4.69, 9.17) is 4.74 Å². The van der Waals surface area contributed by atoms with Crippen LogP contribution in [-0.2, 0) is 4.74 Å². The minimum absolute atomic E-state index is 0.0729. The number of halogens is 2. The summed E-state index contributed by atoms with van der Waals surface area (Å²) < 4.78 is 33.5. The molecule has 2 N–H and O–H groups in total. The number of nitrogens with zero attached hydrogens (tertiary/aromatic N) is 2. The smallest absolute Gasteiger partial charge is 0.296 e. The van der Waals surface area contributed by atoms with Gasteiger partial charge in [-0.3, -0.25) is 0 Å². The zero-order valence-electron chi connectivity index (χ0n) is 14.0. The van der Waals surface area contributed by atoms with E-state index >= 15 is 0 Å². The molecule has 0 aromatic rings. The third-order valence-electron chi connectivity index (χ3n) is 4.23. The largest absolute Gasteiger partial charge is 0.471 e. The second-order valence-corrected chi connectivity index (χ2v) is 6.33. The van der Waals surface area contributed by atoms with Crippen LogP contribution in [0.4, 0.5) is 8.78 Å². The molecule has 2 rings (SSSR count). The highest BCUT2D eigenvalue weighted by Crippen LogP contribution is 2.28. The van der Waals surface area contributed by atoms with Gasteiger partial charge in [0.25, 0.3) is 5.92 Å². The zero-order chi connectivity index (χ0) is 17.0. The van der Waals surface area contributed by atoms with Gasteiger partial charge in [-0.05, 0) is 26.8 Å². The van der Waals surface area contributed by atoms with Crippen molar-refractivity contribution < 1.29 is 13.5 Å². The highest BCUT2D eigenvalue weighted by molar-refractivity contribution is 5.96. The summed E-state index contributed by atoms with van der Waals surface area (Å²) in [6.07, 6.45) is 1.70. The molecule has 7 heteroatoms. The summed E-state index contributed by atoms with van der Waals surface area (Å²) in [4.78, 5) is 8.81. The number of ether oxygens (including phenoxy) is 1. The normalized spacial score (nSPS) is 31.6. The summed E-state index contributed by atoms with van der Waals surface area (Å²) in [6, 6.07) is 0.0495. The van der Waals surface area contributed by atoms with Crippen molar-refractivity contribution in [2.45, 2.75) is 57.7 Å². The fourth-order valence-electron chi connectivity index (χ4n) is 2.58. The Hall–Kier alpha value is -1.50. The van der Waals surface area contributed by atoms with E-state index in [-0.39, 0.29) is 31.0 Å². The molecule has 2 unspecified atom stereocenters. The van der Waals surface area contributed by atoms with Crippen LogP contribution in [0.3, 0.4) is 0 Å². The summed E-state index contributed by atoms with van der Waals surface area (Å²) in [5.41, 5.74) is 0. The Labute approximate surface area is 136 Å². The molecular weight excluding hydrogens is 302 g/mol. The molecule has 0 aromatic carbocycles. The first-order chi connectivity index (χ1) is 10.8. The van der Waals surface area contributed by atoms with Gasteiger partial charge in [-0.2, -0.15) is 4.99 Å². The molecule has 0 amide bonds. The molecule has 2 aliphatic heterocycles. The third kappa shape index (κ3) is 4.50. The van der Waals surface area contributed by atoms with Gasteiger partial charge in [-0.15, -0.1) is 6.58 Å². The lowest BCUT2D eigenvalue weighted by molar-refractivity contribution is -0.115. The van der Waals surface area contributed by atoms with Crippen molar-refractivity contribution in [3.05, 3.63) is 12.7 Å². The number of alkyl halides is 2. The highest BCUT2D eigenvalue weighted by Gasteiger charge is 2.45. The third-order valence-corrected chi connectivity index (χ3v) is 4.23. The van der Waals surface area contributed by atoms with Gasteiger partial charge in [0.2, 0.25) is 5.96 Å². The van der Waals surface area contributed by atoms with Crippen LogP contribution in [0, 0.1) is 5.92 Å². The molecule has 0 spiro atoms. The Kier molecular flexibility index (Phi) is 5.73. The fourth-order valence-corrected chi connectivity index (χ4v) is 2.58. The Morgan fingerprint density at radius 2 is 2.26 bits per heavy atom. The van der Waals surface area contributed by atoms with Crippen molar-refractivity contribution >= 4 is 11.9 Å².